The molecule has 3 aliphatic rings. The first-order chi connectivity index (χ1) is 7.57. The number of piperazine rings is 1. The molecule has 92 valence electrons. The van der Waals surface area contributed by atoms with Crippen LogP contribution in [0.5, 0.6) is 0 Å². The molecule has 0 radical (unpaired) electrons. The first kappa shape index (κ1) is 11.0. The molecule has 2 nitrogen and oxygen atoms in total. The molecule has 2 aliphatic carbocycles. The predicted molar refractivity (Wildman–Crippen MR) is 67.6 cm³/mol. The van der Waals surface area contributed by atoms with Crippen LogP contribution in [0.25, 0.3) is 0 Å². The second-order valence-corrected chi connectivity index (χ2v) is 6.76. The highest BCUT2D eigenvalue weighted by Gasteiger charge is 2.53. The van der Waals surface area contributed by atoms with Gasteiger partial charge in [-0.2, -0.15) is 0 Å². The summed E-state index contributed by atoms with van der Waals surface area (Å²) in [5.41, 5.74) is 0.968. The predicted octanol–water partition coefficient (Wildman–Crippen LogP) is 2.39. The molecule has 3 fully saturated rings. The van der Waals surface area contributed by atoms with E-state index in [9.17, 15) is 0 Å². The zero-order valence-corrected chi connectivity index (χ0v) is 11.1. The van der Waals surface area contributed by atoms with Crippen LogP contribution in [0, 0.1) is 5.92 Å². The molecule has 1 N–H and O–H groups in total. The van der Waals surface area contributed by atoms with E-state index in [2.05, 4.69) is 31.0 Å². The summed E-state index contributed by atoms with van der Waals surface area (Å²) < 4.78 is 0. The van der Waals surface area contributed by atoms with Crippen molar-refractivity contribution in [2.45, 2.75) is 70.0 Å². The maximum Gasteiger partial charge on any atom is 0.0309 e. The Morgan fingerprint density at radius 1 is 1.25 bits per heavy atom. The second-order valence-electron chi connectivity index (χ2n) is 6.76. The third kappa shape index (κ3) is 1.70. The van der Waals surface area contributed by atoms with Crippen molar-refractivity contribution in [2.24, 2.45) is 5.92 Å². The van der Waals surface area contributed by atoms with Crippen LogP contribution in [-0.4, -0.2) is 35.1 Å². The summed E-state index contributed by atoms with van der Waals surface area (Å²) in [6, 6.07) is 0.777. The monoisotopic (exact) mass is 222 g/mol. The average Bonchev–Trinajstić information content (AvgIpc) is 3.12. The van der Waals surface area contributed by atoms with Crippen molar-refractivity contribution in [3.05, 3.63) is 0 Å². The van der Waals surface area contributed by atoms with Gasteiger partial charge in [-0.15, -0.1) is 0 Å². The Morgan fingerprint density at radius 2 is 1.94 bits per heavy atom. The molecule has 16 heavy (non-hydrogen) atoms. The molecule has 2 heteroatoms. The zero-order chi connectivity index (χ0) is 11.4. The maximum atomic E-state index is 3.85. The van der Waals surface area contributed by atoms with Crippen molar-refractivity contribution in [3.8, 4) is 0 Å². The molecule has 3 rings (SSSR count). The fourth-order valence-electron chi connectivity index (χ4n) is 3.46. The lowest BCUT2D eigenvalue weighted by molar-refractivity contribution is 0.0322. The van der Waals surface area contributed by atoms with E-state index in [0.29, 0.717) is 11.1 Å². The van der Waals surface area contributed by atoms with Crippen molar-refractivity contribution in [2.75, 3.05) is 13.1 Å². The summed E-state index contributed by atoms with van der Waals surface area (Å²) in [6.07, 6.45) is 7.04. The van der Waals surface area contributed by atoms with Crippen LogP contribution < -0.4 is 5.32 Å². The van der Waals surface area contributed by atoms with Gasteiger partial charge in [-0.3, -0.25) is 4.90 Å². The highest BCUT2D eigenvalue weighted by Crippen LogP contribution is 2.48. The van der Waals surface area contributed by atoms with Gasteiger partial charge < -0.3 is 5.32 Å². The summed E-state index contributed by atoms with van der Waals surface area (Å²) in [6.45, 7) is 9.75. The summed E-state index contributed by atoms with van der Waals surface area (Å²) in [5.74, 6) is 0.954. The number of nitrogens with one attached hydrogen (secondary N) is 1. The van der Waals surface area contributed by atoms with E-state index in [4.69, 9.17) is 0 Å². The minimum Gasteiger partial charge on any atom is -0.308 e. The molecular weight excluding hydrogens is 196 g/mol. The average molecular weight is 222 g/mol. The van der Waals surface area contributed by atoms with E-state index >= 15 is 0 Å². The van der Waals surface area contributed by atoms with E-state index in [1.165, 1.54) is 45.2 Å². The highest BCUT2D eigenvalue weighted by atomic mass is 15.3. The number of hydrogen-bond acceptors (Lipinski definition) is 2. The fraction of sp³-hybridized carbons (Fsp3) is 1.00. The van der Waals surface area contributed by atoms with Gasteiger partial charge in [0.2, 0.25) is 0 Å². The Morgan fingerprint density at radius 3 is 2.44 bits per heavy atom. The minimum atomic E-state index is 0.414. The highest BCUT2D eigenvalue weighted by molar-refractivity contribution is 5.10. The lowest BCUT2D eigenvalue weighted by atomic mass is 9.89. The molecule has 0 aromatic heterocycles. The standard InChI is InChI=1S/C14H26N2/c1-4-12-9-15-14(3,11-5-6-11)10-16(12)13(2)7-8-13/h11-12,15H,4-10H2,1-3H3. The third-order valence-corrected chi connectivity index (χ3v) is 5.30. The molecule has 1 heterocycles. The summed E-state index contributed by atoms with van der Waals surface area (Å²) in [4.78, 5) is 2.84. The van der Waals surface area contributed by atoms with Crippen LogP contribution in [-0.2, 0) is 0 Å². The molecule has 1 saturated heterocycles. The van der Waals surface area contributed by atoms with Crippen LogP contribution in [0.3, 0.4) is 0 Å². The van der Waals surface area contributed by atoms with E-state index in [0.717, 1.165) is 12.0 Å². The van der Waals surface area contributed by atoms with Gasteiger partial charge in [0.1, 0.15) is 0 Å². The molecule has 0 spiro atoms. The topological polar surface area (TPSA) is 15.3 Å². The van der Waals surface area contributed by atoms with Crippen molar-refractivity contribution in [1.29, 1.82) is 0 Å². The zero-order valence-electron chi connectivity index (χ0n) is 11.1. The molecule has 2 unspecified atom stereocenters. The normalized spacial score (nSPS) is 43.3. The van der Waals surface area contributed by atoms with E-state index in [1.54, 1.807) is 0 Å². The van der Waals surface area contributed by atoms with Gasteiger partial charge in [-0.25, -0.2) is 0 Å². The molecule has 1 aliphatic heterocycles. The molecule has 0 aromatic rings. The molecular formula is C14H26N2. The Bertz CT molecular complexity index is 280. The van der Waals surface area contributed by atoms with Gasteiger partial charge in [-0.05, 0) is 51.9 Å². The molecule has 0 amide bonds. The van der Waals surface area contributed by atoms with Gasteiger partial charge in [0.15, 0.2) is 0 Å². The first-order valence-electron chi connectivity index (χ1n) is 7.09. The number of hydrogen-bond donors (Lipinski definition) is 1. The number of nitrogens with zero attached hydrogens (tertiary/aromatic N) is 1. The molecule has 2 saturated carbocycles. The Kier molecular flexibility index (Phi) is 2.38. The van der Waals surface area contributed by atoms with E-state index in [1.807, 2.05) is 0 Å². The summed E-state index contributed by atoms with van der Waals surface area (Å²) in [5, 5.41) is 3.85. The Balaban J connectivity index is 1.76. The molecule has 2 atom stereocenters. The molecule has 0 aromatic carbocycles. The third-order valence-electron chi connectivity index (χ3n) is 5.30. The van der Waals surface area contributed by atoms with Crippen molar-refractivity contribution in [1.82, 2.24) is 10.2 Å². The van der Waals surface area contributed by atoms with Gasteiger partial charge in [0, 0.05) is 30.2 Å². The minimum absolute atomic E-state index is 0.414. The lowest BCUT2D eigenvalue weighted by Gasteiger charge is -2.49. The summed E-state index contributed by atoms with van der Waals surface area (Å²) >= 11 is 0. The van der Waals surface area contributed by atoms with Gasteiger partial charge >= 0.3 is 0 Å². The fourth-order valence-corrected chi connectivity index (χ4v) is 3.46. The van der Waals surface area contributed by atoms with Crippen molar-refractivity contribution < 1.29 is 0 Å². The van der Waals surface area contributed by atoms with Gasteiger partial charge in [0.25, 0.3) is 0 Å². The Hall–Kier alpha value is -0.0800. The van der Waals surface area contributed by atoms with Crippen LogP contribution in [0.2, 0.25) is 0 Å². The quantitative estimate of drug-likeness (QED) is 0.789. The maximum absolute atomic E-state index is 3.85. The van der Waals surface area contributed by atoms with Crippen molar-refractivity contribution in [3.63, 3.8) is 0 Å². The van der Waals surface area contributed by atoms with E-state index in [-0.39, 0.29) is 0 Å². The van der Waals surface area contributed by atoms with Crippen LogP contribution in [0.1, 0.15) is 52.9 Å². The lowest BCUT2D eigenvalue weighted by Crippen LogP contribution is -2.66. The van der Waals surface area contributed by atoms with Crippen molar-refractivity contribution >= 4 is 0 Å². The van der Waals surface area contributed by atoms with Crippen LogP contribution in [0.15, 0.2) is 0 Å². The van der Waals surface area contributed by atoms with Gasteiger partial charge in [0.05, 0.1) is 0 Å². The largest absolute Gasteiger partial charge is 0.308 e. The first-order valence-corrected chi connectivity index (χ1v) is 7.09. The Labute approximate surface area is 99.8 Å². The number of rotatable bonds is 3. The smallest absolute Gasteiger partial charge is 0.0309 e. The second kappa shape index (κ2) is 3.46. The molecule has 0 bridgehead atoms. The van der Waals surface area contributed by atoms with E-state index < -0.39 is 0 Å². The van der Waals surface area contributed by atoms with Gasteiger partial charge in [-0.1, -0.05) is 6.92 Å². The summed E-state index contributed by atoms with van der Waals surface area (Å²) in [7, 11) is 0. The SMILES string of the molecule is CCC1CNC(C)(C2CC2)CN1C1(C)CC1. The van der Waals surface area contributed by atoms with Crippen LogP contribution >= 0.6 is 0 Å². The van der Waals surface area contributed by atoms with Crippen LogP contribution in [0.4, 0.5) is 0 Å².